The number of pyridine rings is 1. The Hall–Kier alpha value is -2.29. The Morgan fingerprint density at radius 3 is 2.68 bits per heavy atom. The number of aromatic nitrogens is 2. The first kappa shape index (κ1) is 11.8. The molecule has 19 heavy (non-hydrogen) atoms. The molecule has 3 aromatic rings. The lowest BCUT2D eigenvalue weighted by Crippen LogP contribution is -1.91. The zero-order valence-electron chi connectivity index (χ0n) is 11.1. The average molecular weight is 252 g/mol. The van der Waals surface area contributed by atoms with Gasteiger partial charge in [0.2, 0.25) is 0 Å². The van der Waals surface area contributed by atoms with Crippen molar-refractivity contribution in [3.8, 4) is 17.0 Å². The quantitative estimate of drug-likeness (QED) is 0.710. The summed E-state index contributed by atoms with van der Waals surface area (Å²) in [5, 5.41) is 0. The molecular weight excluding hydrogens is 236 g/mol. The highest BCUT2D eigenvalue weighted by molar-refractivity contribution is 5.64. The van der Waals surface area contributed by atoms with Crippen molar-refractivity contribution in [3.05, 3.63) is 54.4 Å². The Morgan fingerprint density at radius 1 is 1.16 bits per heavy atom. The van der Waals surface area contributed by atoms with E-state index in [-0.39, 0.29) is 0 Å². The van der Waals surface area contributed by atoms with Gasteiger partial charge in [0.25, 0.3) is 0 Å². The Balaban J connectivity index is 2.04. The molecule has 0 N–H and O–H groups in total. The predicted molar refractivity (Wildman–Crippen MR) is 76.5 cm³/mol. The number of fused-ring (bicyclic) bond motifs is 1. The molecule has 0 spiro atoms. The van der Waals surface area contributed by atoms with Crippen LogP contribution in [0.4, 0.5) is 0 Å². The Kier molecular flexibility index (Phi) is 2.95. The summed E-state index contributed by atoms with van der Waals surface area (Å²) in [4.78, 5) is 4.45. The van der Waals surface area contributed by atoms with Crippen molar-refractivity contribution in [1.82, 2.24) is 9.38 Å². The molecule has 0 saturated carbocycles. The van der Waals surface area contributed by atoms with Crippen molar-refractivity contribution in [1.29, 1.82) is 0 Å². The van der Waals surface area contributed by atoms with E-state index in [1.54, 1.807) is 0 Å². The van der Waals surface area contributed by atoms with E-state index >= 15 is 0 Å². The van der Waals surface area contributed by atoms with Crippen LogP contribution in [0.15, 0.2) is 48.8 Å². The third-order valence-electron chi connectivity index (χ3n) is 3.13. The lowest BCUT2D eigenvalue weighted by molar-refractivity contribution is 0.340. The molecule has 0 bridgehead atoms. The van der Waals surface area contributed by atoms with E-state index in [2.05, 4.69) is 46.8 Å². The Bertz CT molecular complexity index is 698. The summed E-state index contributed by atoms with van der Waals surface area (Å²) >= 11 is 0. The molecule has 1 aromatic carbocycles. The molecule has 3 heteroatoms. The van der Waals surface area contributed by atoms with Gasteiger partial charge in [-0.25, -0.2) is 4.98 Å². The largest absolute Gasteiger partial charge is 0.494 e. The number of nitrogens with zero attached hydrogens (tertiary/aromatic N) is 2. The minimum Gasteiger partial charge on any atom is -0.494 e. The molecule has 0 aliphatic heterocycles. The normalized spacial score (nSPS) is 10.8. The molecular formula is C16H16N2O. The van der Waals surface area contributed by atoms with Gasteiger partial charge in [-0.15, -0.1) is 0 Å². The predicted octanol–water partition coefficient (Wildman–Crippen LogP) is 3.71. The molecule has 96 valence electrons. The third kappa shape index (κ3) is 2.19. The highest BCUT2D eigenvalue weighted by Gasteiger charge is 2.05. The molecule has 3 nitrogen and oxygen atoms in total. The monoisotopic (exact) mass is 252 g/mol. The first-order valence-corrected chi connectivity index (χ1v) is 6.45. The second-order valence-electron chi connectivity index (χ2n) is 4.53. The summed E-state index contributed by atoms with van der Waals surface area (Å²) in [6.45, 7) is 4.75. The number of imidazole rings is 1. The van der Waals surface area contributed by atoms with Crippen LogP contribution >= 0.6 is 0 Å². The topological polar surface area (TPSA) is 26.5 Å². The van der Waals surface area contributed by atoms with Gasteiger partial charge in [-0.3, -0.25) is 4.40 Å². The maximum Gasteiger partial charge on any atom is 0.137 e. The maximum absolute atomic E-state index is 5.46. The molecule has 2 aromatic heterocycles. The highest BCUT2D eigenvalue weighted by Crippen LogP contribution is 2.23. The number of hydrogen-bond acceptors (Lipinski definition) is 2. The van der Waals surface area contributed by atoms with E-state index in [1.807, 2.05) is 25.3 Å². The molecule has 0 saturated heterocycles. The van der Waals surface area contributed by atoms with E-state index in [9.17, 15) is 0 Å². The number of aryl methyl sites for hydroxylation is 1. The molecule has 0 amide bonds. The lowest BCUT2D eigenvalue weighted by atomic mass is 10.1. The summed E-state index contributed by atoms with van der Waals surface area (Å²) < 4.78 is 7.56. The van der Waals surface area contributed by atoms with E-state index in [4.69, 9.17) is 4.74 Å². The fourth-order valence-corrected chi connectivity index (χ4v) is 2.18. The van der Waals surface area contributed by atoms with Crippen LogP contribution < -0.4 is 4.74 Å². The van der Waals surface area contributed by atoms with Crippen molar-refractivity contribution in [2.75, 3.05) is 6.61 Å². The number of rotatable bonds is 3. The lowest BCUT2D eigenvalue weighted by Gasteiger charge is -2.05. The summed E-state index contributed by atoms with van der Waals surface area (Å²) in [5.74, 6) is 0.899. The van der Waals surface area contributed by atoms with E-state index < -0.39 is 0 Å². The fraction of sp³-hybridized carbons (Fsp3) is 0.188. The molecule has 0 unspecified atom stereocenters. The van der Waals surface area contributed by atoms with Crippen LogP contribution in [-0.2, 0) is 0 Å². The van der Waals surface area contributed by atoms with Crippen molar-refractivity contribution >= 4 is 5.65 Å². The molecule has 0 aliphatic rings. The van der Waals surface area contributed by atoms with Crippen LogP contribution in [0.2, 0.25) is 0 Å². The van der Waals surface area contributed by atoms with Gasteiger partial charge in [0, 0.05) is 11.8 Å². The molecule has 0 fully saturated rings. The Labute approximate surface area is 112 Å². The van der Waals surface area contributed by atoms with Gasteiger partial charge in [0.05, 0.1) is 18.5 Å². The number of benzene rings is 1. The smallest absolute Gasteiger partial charge is 0.137 e. The van der Waals surface area contributed by atoms with Gasteiger partial charge < -0.3 is 4.74 Å². The molecule has 2 heterocycles. The summed E-state index contributed by atoms with van der Waals surface area (Å²) in [6, 6.07) is 12.3. The van der Waals surface area contributed by atoms with Crippen molar-refractivity contribution in [2.45, 2.75) is 13.8 Å². The molecule has 0 aliphatic carbocycles. The first-order valence-electron chi connectivity index (χ1n) is 6.45. The fourth-order valence-electron chi connectivity index (χ4n) is 2.18. The van der Waals surface area contributed by atoms with E-state index in [1.165, 1.54) is 5.56 Å². The minimum absolute atomic E-state index is 0.689. The zero-order valence-corrected chi connectivity index (χ0v) is 11.1. The third-order valence-corrected chi connectivity index (χ3v) is 3.13. The van der Waals surface area contributed by atoms with Crippen LogP contribution in [0.5, 0.6) is 5.75 Å². The van der Waals surface area contributed by atoms with Crippen molar-refractivity contribution in [2.24, 2.45) is 0 Å². The van der Waals surface area contributed by atoms with Gasteiger partial charge in [-0.1, -0.05) is 0 Å². The summed E-state index contributed by atoms with van der Waals surface area (Å²) in [5.41, 5.74) is 4.43. The number of hydrogen-bond donors (Lipinski definition) is 0. The standard InChI is InChI=1S/C16H16N2O/c1-3-19-14-6-4-13(5-7-14)15-11-17-16-10-12(2)8-9-18(15)16/h4-11H,3H2,1-2H3. The molecule has 0 radical (unpaired) electrons. The number of ether oxygens (including phenoxy) is 1. The van der Waals surface area contributed by atoms with Crippen LogP contribution in [0.1, 0.15) is 12.5 Å². The van der Waals surface area contributed by atoms with E-state index in [0.29, 0.717) is 6.61 Å². The Morgan fingerprint density at radius 2 is 1.95 bits per heavy atom. The zero-order chi connectivity index (χ0) is 13.2. The average Bonchev–Trinajstić information content (AvgIpc) is 2.83. The van der Waals surface area contributed by atoms with Gasteiger partial charge in [-0.2, -0.15) is 0 Å². The van der Waals surface area contributed by atoms with E-state index in [0.717, 1.165) is 22.7 Å². The van der Waals surface area contributed by atoms with Gasteiger partial charge >= 0.3 is 0 Å². The van der Waals surface area contributed by atoms with Crippen LogP contribution in [0, 0.1) is 6.92 Å². The SMILES string of the molecule is CCOc1ccc(-c2cnc3cc(C)ccn23)cc1. The van der Waals surface area contributed by atoms with Crippen LogP contribution in [0.25, 0.3) is 16.9 Å². The molecule has 0 atom stereocenters. The second-order valence-corrected chi connectivity index (χ2v) is 4.53. The first-order chi connectivity index (χ1) is 9.28. The van der Waals surface area contributed by atoms with Gasteiger partial charge in [0.15, 0.2) is 0 Å². The van der Waals surface area contributed by atoms with Gasteiger partial charge in [-0.05, 0) is 55.8 Å². The maximum atomic E-state index is 5.46. The van der Waals surface area contributed by atoms with Crippen LogP contribution in [-0.4, -0.2) is 16.0 Å². The van der Waals surface area contributed by atoms with Crippen molar-refractivity contribution in [3.63, 3.8) is 0 Å². The van der Waals surface area contributed by atoms with Gasteiger partial charge in [0.1, 0.15) is 11.4 Å². The van der Waals surface area contributed by atoms with Crippen LogP contribution in [0.3, 0.4) is 0 Å². The second kappa shape index (κ2) is 4.76. The van der Waals surface area contributed by atoms with Crippen molar-refractivity contribution < 1.29 is 4.74 Å². The highest BCUT2D eigenvalue weighted by atomic mass is 16.5. The molecule has 3 rings (SSSR count). The summed E-state index contributed by atoms with van der Waals surface area (Å²) in [7, 11) is 0. The summed E-state index contributed by atoms with van der Waals surface area (Å²) in [6.07, 6.45) is 3.97. The minimum atomic E-state index is 0.689.